The number of rotatable bonds is 8. The van der Waals surface area contributed by atoms with Crippen LogP contribution in [0.15, 0.2) is 42.5 Å². The molecule has 0 saturated heterocycles. The van der Waals surface area contributed by atoms with Gasteiger partial charge in [0.15, 0.2) is 0 Å². The highest BCUT2D eigenvalue weighted by molar-refractivity contribution is 6.33. The third kappa shape index (κ3) is 5.01. The van der Waals surface area contributed by atoms with Crippen molar-refractivity contribution in [3.05, 3.63) is 69.5 Å². The summed E-state index contributed by atoms with van der Waals surface area (Å²) in [7, 11) is 2.87. The van der Waals surface area contributed by atoms with Gasteiger partial charge in [-0.1, -0.05) is 35.8 Å². The second-order valence-electron chi connectivity index (χ2n) is 6.07. The predicted molar refractivity (Wildman–Crippen MR) is 109 cm³/mol. The summed E-state index contributed by atoms with van der Waals surface area (Å²) in [5.74, 6) is -1.69. The van der Waals surface area contributed by atoms with Gasteiger partial charge in [-0.15, -0.1) is 0 Å². The van der Waals surface area contributed by atoms with Crippen LogP contribution in [0.1, 0.15) is 30.1 Å². The monoisotopic (exact) mass is 442 g/mol. The Morgan fingerprint density at radius 3 is 2.41 bits per heavy atom. The molecule has 0 spiro atoms. The largest absolute Gasteiger partial charge is 0.497 e. The first-order chi connectivity index (χ1) is 13.7. The number of ether oxygens (including phenoxy) is 3. The fourth-order valence-corrected chi connectivity index (χ4v) is 3.49. The minimum absolute atomic E-state index is 0.0190. The van der Waals surface area contributed by atoms with E-state index in [4.69, 9.17) is 37.4 Å². The third-order valence-electron chi connectivity index (χ3n) is 4.34. The second-order valence-corrected chi connectivity index (χ2v) is 6.85. The van der Waals surface area contributed by atoms with Crippen LogP contribution in [0, 0.1) is 5.82 Å². The molecular weight excluding hydrogens is 422 g/mol. The first-order valence-electron chi connectivity index (χ1n) is 8.65. The molecule has 2 aromatic carbocycles. The molecule has 0 bridgehead atoms. The molecule has 2 atom stereocenters. The van der Waals surface area contributed by atoms with Crippen molar-refractivity contribution in [2.75, 3.05) is 20.8 Å². The number of aliphatic hydroxyl groups is 1. The number of aliphatic hydroxyl groups excluding tert-OH is 1. The van der Waals surface area contributed by atoms with E-state index in [2.05, 4.69) is 6.58 Å². The Morgan fingerprint density at radius 2 is 1.86 bits per heavy atom. The van der Waals surface area contributed by atoms with E-state index in [0.717, 1.165) is 6.07 Å². The SMILES string of the molecule is C=C(C(=O)OCC)C(c1ccc(F)cc1Cl)C(O)c1cc(OC)cc(OC)c1Cl. The number of carbonyl (C=O) groups excluding carboxylic acids is 1. The summed E-state index contributed by atoms with van der Waals surface area (Å²) in [5, 5.41) is 11.4. The molecule has 2 rings (SSSR count). The lowest BCUT2D eigenvalue weighted by molar-refractivity contribution is -0.139. The van der Waals surface area contributed by atoms with Gasteiger partial charge in [0.25, 0.3) is 0 Å². The van der Waals surface area contributed by atoms with Gasteiger partial charge in [0, 0.05) is 28.1 Å². The van der Waals surface area contributed by atoms with Gasteiger partial charge < -0.3 is 19.3 Å². The molecule has 0 amide bonds. The van der Waals surface area contributed by atoms with Gasteiger partial charge >= 0.3 is 5.97 Å². The number of hydrogen-bond donors (Lipinski definition) is 1. The smallest absolute Gasteiger partial charge is 0.334 e. The molecule has 1 N–H and O–H groups in total. The maximum atomic E-state index is 13.6. The van der Waals surface area contributed by atoms with Crippen LogP contribution in [0.2, 0.25) is 10.0 Å². The first-order valence-corrected chi connectivity index (χ1v) is 9.41. The highest BCUT2D eigenvalue weighted by Crippen LogP contribution is 2.45. The van der Waals surface area contributed by atoms with Gasteiger partial charge in [-0.3, -0.25) is 0 Å². The van der Waals surface area contributed by atoms with Crippen LogP contribution in [0.5, 0.6) is 11.5 Å². The summed E-state index contributed by atoms with van der Waals surface area (Å²) in [6.45, 7) is 5.54. The molecule has 0 saturated carbocycles. The Bertz CT molecular complexity index is 916. The number of methoxy groups -OCH3 is 2. The molecule has 0 aliphatic heterocycles. The zero-order valence-electron chi connectivity index (χ0n) is 16.2. The molecule has 0 aliphatic carbocycles. The summed E-state index contributed by atoms with van der Waals surface area (Å²) < 4.78 is 29.1. The van der Waals surface area contributed by atoms with Crippen molar-refractivity contribution in [1.82, 2.24) is 0 Å². The zero-order valence-corrected chi connectivity index (χ0v) is 17.7. The normalized spacial score (nSPS) is 12.8. The van der Waals surface area contributed by atoms with Crippen molar-refractivity contribution in [3.63, 3.8) is 0 Å². The van der Waals surface area contributed by atoms with Crippen LogP contribution >= 0.6 is 23.2 Å². The van der Waals surface area contributed by atoms with Gasteiger partial charge in [-0.2, -0.15) is 0 Å². The molecule has 2 aromatic rings. The van der Waals surface area contributed by atoms with Crippen molar-refractivity contribution in [2.24, 2.45) is 0 Å². The summed E-state index contributed by atoms with van der Waals surface area (Å²) in [4.78, 5) is 12.4. The number of carbonyl (C=O) groups is 1. The maximum absolute atomic E-state index is 13.6. The number of benzene rings is 2. The molecule has 0 radical (unpaired) electrons. The molecule has 2 unspecified atom stereocenters. The highest BCUT2D eigenvalue weighted by Gasteiger charge is 2.33. The van der Waals surface area contributed by atoms with E-state index >= 15 is 0 Å². The van der Waals surface area contributed by atoms with Crippen LogP contribution in [-0.2, 0) is 9.53 Å². The standard InChI is InChI=1S/C21H21Cl2FO5/c1-5-29-21(26)11(2)18(14-7-6-12(24)8-16(14)22)20(25)15-9-13(27-3)10-17(28-4)19(15)23/h6-10,18,20,25H,2,5H2,1,3-4H3. The van der Waals surface area contributed by atoms with Gasteiger partial charge in [-0.05, 0) is 30.7 Å². The van der Waals surface area contributed by atoms with Crippen molar-refractivity contribution in [1.29, 1.82) is 0 Å². The number of hydrogen-bond acceptors (Lipinski definition) is 5. The minimum atomic E-state index is -1.38. The molecule has 0 fully saturated rings. The van der Waals surface area contributed by atoms with E-state index in [-0.39, 0.29) is 39.1 Å². The van der Waals surface area contributed by atoms with Gasteiger partial charge in [0.1, 0.15) is 17.3 Å². The van der Waals surface area contributed by atoms with Crippen LogP contribution in [-0.4, -0.2) is 31.9 Å². The molecule has 156 valence electrons. The summed E-state index contributed by atoms with van der Waals surface area (Å²) in [6, 6.07) is 6.70. The fourth-order valence-electron chi connectivity index (χ4n) is 2.91. The van der Waals surface area contributed by atoms with Crippen molar-refractivity contribution < 1.29 is 28.5 Å². The molecule has 0 aromatic heterocycles. The lowest BCUT2D eigenvalue weighted by atomic mass is 9.83. The Balaban J connectivity index is 2.65. The van der Waals surface area contributed by atoms with Gasteiger partial charge in [0.2, 0.25) is 0 Å². The zero-order chi connectivity index (χ0) is 21.7. The predicted octanol–water partition coefficient (Wildman–Crippen LogP) is 5.09. The maximum Gasteiger partial charge on any atom is 0.334 e. The Labute approximate surface area is 178 Å². The van der Waals surface area contributed by atoms with Crippen LogP contribution < -0.4 is 9.47 Å². The van der Waals surface area contributed by atoms with E-state index < -0.39 is 23.8 Å². The minimum Gasteiger partial charge on any atom is -0.497 e. The van der Waals surface area contributed by atoms with E-state index in [1.165, 1.54) is 32.4 Å². The molecule has 0 aliphatic rings. The van der Waals surface area contributed by atoms with E-state index in [1.807, 2.05) is 0 Å². The topological polar surface area (TPSA) is 65.0 Å². The molecule has 8 heteroatoms. The van der Waals surface area contributed by atoms with Crippen LogP contribution in [0.4, 0.5) is 4.39 Å². The van der Waals surface area contributed by atoms with Crippen LogP contribution in [0.25, 0.3) is 0 Å². The van der Waals surface area contributed by atoms with Gasteiger partial charge in [0.05, 0.1) is 32.0 Å². The highest BCUT2D eigenvalue weighted by atomic mass is 35.5. The van der Waals surface area contributed by atoms with E-state index in [1.54, 1.807) is 13.0 Å². The third-order valence-corrected chi connectivity index (χ3v) is 5.07. The lowest BCUT2D eigenvalue weighted by Gasteiger charge is -2.27. The second kappa shape index (κ2) is 9.96. The van der Waals surface area contributed by atoms with Crippen molar-refractivity contribution >= 4 is 29.2 Å². The number of esters is 1. The average Bonchev–Trinajstić information content (AvgIpc) is 2.69. The Kier molecular flexibility index (Phi) is 7.90. The Morgan fingerprint density at radius 1 is 1.17 bits per heavy atom. The Hall–Kier alpha value is -2.28. The lowest BCUT2D eigenvalue weighted by Crippen LogP contribution is -2.21. The number of halogens is 3. The van der Waals surface area contributed by atoms with Crippen LogP contribution in [0.3, 0.4) is 0 Å². The van der Waals surface area contributed by atoms with Gasteiger partial charge in [-0.25, -0.2) is 9.18 Å². The van der Waals surface area contributed by atoms with E-state index in [0.29, 0.717) is 5.75 Å². The van der Waals surface area contributed by atoms with Crippen molar-refractivity contribution in [2.45, 2.75) is 18.9 Å². The van der Waals surface area contributed by atoms with Crippen molar-refractivity contribution in [3.8, 4) is 11.5 Å². The quantitative estimate of drug-likeness (QED) is 0.455. The molecular formula is C21H21Cl2FO5. The summed E-state index contributed by atoms with van der Waals surface area (Å²) >= 11 is 12.6. The van der Waals surface area contributed by atoms with E-state index in [9.17, 15) is 14.3 Å². The molecule has 5 nitrogen and oxygen atoms in total. The average molecular weight is 443 g/mol. The summed E-state index contributed by atoms with van der Waals surface area (Å²) in [5.41, 5.74) is 0.445. The summed E-state index contributed by atoms with van der Waals surface area (Å²) in [6.07, 6.45) is -1.38. The molecule has 29 heavy (non-hydrogen) atoms. The first kappa shape index (κ1) is 23.0. The fraction of sp³-hybridized carbons (Fsp3) is 0.286. The molecule has 0 heterocycles.